The van der Waals surface area contributed by atoms with Crippen LogP contribution in [0.15, 0.2) is 18.2 Å². The third-order valence-corrected chi connectivity index (χ3v) is 5.55. The van der Waals surface area contributed by atoms with Gasteiger partial charge in [-0.2, -0.15) is 0 Å². The number of nitrogens with zero attached hydrogens (tertiary/aromatic N) is 1. The van der Waals surface area contributed by atoms with Crippen molar-refractivity contribution in [3.63, 3.8) is 0 Å². The lowest BCUT2D eigenvalue weighted by molar-refractivity contribution is -0.128. The average Bonchev–Trinajstić information content (AvgIpc) is 3.02. The van der Waals surface area contributed by atoms with Crippen molar-refractivity contribution in [2.75, 3.05) is 26.9 Å². The molecule has 154 valence electrons. The summed E-state index contributed by atoms with van der Waals surface area (Å²) in [6.07, 6.45) is 2.86. The van der Waals surface area contributed by atoms with E-state index in [1.165, 1.54) is 12.0 Å². The van der Waals surface area contributed by atoms with Gasteiger partial charge in [0.1, 0.15) is 23.4 Å². The third kappa shape index (κ3) is 4.17. The molecule has 8 heteroatoms. The zero-order valence-corrected chi connectivity index (χ0v) is 16.2. The summed E-state index contributed by atoms with van der Waals surface area (Å²) in [6.45, 7) is 2.82. The SMILES string of the molecule is COCCNC(=O)[C@@H]1COC2(CCC(C)CC2)N1C(=O)c1cc(F)cc(F)c1. The van der Waals surface area contributed by atoms with Crippen LogP contribution in [-0.2, 0) is 14.3 Å². The Morgan fingerprint density at radius 2 is 1.89 bits per heavy atom. The minimum atomic E-state index is -0.921. The van der Waals surface area contributed by atoms with Crippen molar-refractivity contribution in [2.24, 2.45) is 5.92 Å². The molecular weight excluding hydrogens is 370 g/mol. The molecule has 1 aromatic carbocycles. The van der Waals surface area contributed by atoms with Crippen molar-refractivity contribution in [2.45, 2.75) is 44.4 Å². The van der Waals surface area contributed by atoms with E-state index in [2.05, 4.69) is 12.2 Å². The molecule has 2 aliphatic rings. The molecule has 1 N–H and O–H groups in total. The minimum absolute atomic E-state index is 0.0523. The smallest absolute Gasteiger partial charge is 0.257 e. The lowest BCUT2D eigenvalue weighted by atomic mass is 9.83. The Balaban J connectivity index is 1.90. The number of nitrogens with one attached hydrogen (secondary N) is 1. The molecule has 6 nitrogen and oxygen atoms in total. The molecule has 1 aromatic rings. The molecule has 2 amide bonds. The zero-order valence-electron chi connectivity index (χ0n) is 16.2. The van der Waals surface area contributed by atoms with E-state index in [9.17, 15) is 18.4 Å². The van der Waals surface area contributed by atoms with Crippen molar-refractivity contribution in [3.8, 4) is 0 Å². The summed E-state index contributed by atoms with van der Waals surface area (Å²) in [5.41, 5.74) is -1.05. The first-order chi connectivity index (χ1) is 13.4. The number of ether oxygens (including phenoxy) is 2. The predicted octanol–water partition coefficient (Wildman–Crippen LogP) is 2.47. The number of carbonyl (C=O) groups excluding carboxylic acids is 2. The minimum Gasteiger partial charge on any atom is -0.383 e. The fourth-order valence-corrected chi connectivity index (χ4v) is 3.99. The van der Waals surface area contributed by atoms with Crippen LogP contribution in [0, 0.1) is 17.6 Å². The molecule has 1 aliphatic heterocycles. The van der Waals surface area contributed by atoms with Gasteiger partial charge in [0.25, 0.3) is 5.91 Å². The molecule has 0 aromatic heterocycles. The number of rotatable bonds is 5. The second-order valence-electron chi connectivity index (χ2n) is 7.57. The van der Waals surface area contributed by atoms with Gasteiger partial charge in [-0.3, -0.25) is 14.5 Å². The molecule has 2 fully saturated rings. The van der Waals surface area contributed by atoms with Gasteiger partial charge in [-0.25, -0.2) is 8.78 Å². The molecular formula is C20H26F2N2O4. The maximum absolute atomic E-state index is 13.7. The molecule has 0 unspecified atom stereocenters. The number of halogens is 2. The van der Waals surface area contributed by atoms with E-state index >= 15 is 0 Å². The van der Waals surface area contributed by atoms with E-state index in [4.69, 9.17) is 9.47 Å². The Morgan fingerprint density at radius 3 is 2.50 bits per heavy atom. The van der Waals surface area contributed by atoms with Crippen LogP contribution in [0.2, 0.25) is 0 Å². The standard InChI is InChI=1S/C20H26F2N2O4/c1-13-3-5-20(6-4-13)24(17(12-28-20)18(25)23-7-8-27-2)19(26)14-9-15(21)11-16(22)10-14/h9-11,13,17H,3-8,12H2,1-2H3,(H,23,25)/t13?,17-,20?/m0/s1. The van der Waals surface area contributed by atoms with Gasteiger partial charge < -0.3 is 14.8 Å². The van der Waals surface area contributed by atoms with E-state index in [0.29, 0.717) is 38.0 Å². The van der Waals surface area contributed by atoms with Gasteiger partial charge >= 0.3 is 0 Å². The number of carbonyl (C=O) groups is 2. The van der Waals surface area contributed by atoms with E-state index in [1.807, 2.05) is 0 Å². The lowest BCUT2D eigenvalue weighted by Gasteiger charge is -2.43. The number of hydrogen-bond donors (Lipinski definition) is 1. The maximum Gasteiger partial charge on any atom is 0.257 e. The van der Waals surface area contributed by atoms with Crippen molar-refractivity contribution >= 4 is 11.8 Å². The highest BCUT2D eigenvalue weighted by Gasteiger charge is 2.53. The number of methoxy groups -OCH3 is 1. The first kappa shape index (κ1) is 20.7. The van der Waals surface area contributed by atoms with E-state index in [0.717, 1.165) is 25.0 Å². The Morgan fingerprint density at radius 1 is 1.25 bits per heavy atom. The maximum atomic E-state index is 13.7. The van der Waals surface area contributed by atoms with Crippen molar-refractivity contribution in [1.29, 1.82) is 0 Å². The van der Waals surface area contributed by atoms with Crippen LogP contribution in [0.1, 0.15) is 43.0 Å². The fraction of sp³-hybridized carbons (Fsp3) is 0.600. The molecule has 3 rings (SSSR count). The molecule has 1 saturated carbocycles. The van der Waals surface area contributed by atoms with E-state index < -0.39 is 29.3 Å². The number of benzene rings is 1. The summed E-state index contributed by atoms with van der Waals surface area (Å²) in [5, 5.41) is 2.73. The molecule has 1 aliphatic carbocycles. The lowest BCUT2D eigenvalue weighted by Crippen LogP contribution is -2.57. The Hall–Kier alpha value is -2.06. The van der Waals surface area contributed by atoms with Gasteiger partial charge in [0.15, 0.2) is 0 Å². The summed E-state index contributed by atoms with van der Waals surface area (Å²) >= 11 is 0. The van der Waals surface area contributed by atoms with Gasteiger partial charge in [0, 0.05) is 25.3 Å². The number of amides is 2. The first-order valence-corrected chi connectivity index (χ1v) is 9.56. The molecule has 1 atom stereocenters. The Labute approximate surface area is 163 Å². The highest BCUT2D eigenvalue weighted by molar-refractivity contribution is 5.98. The van der Waals surface area contributed by atoms with E-state index in [1.54, 1.807) is 0 Å². The quantitative estimate of drug-likeness (QED) is 0.777. The first-order valence-electron chi connectivity index (χ1n) is 9.56. The molecule has 0 bridgehead atoms. The topological polar surface area (TPSA) is 67.9 Å². The molecule has 1 heterocycles. The van der Waals surface area contributed by atoms with Crippen LogP contribution in [0.4, 0.5) is 8.78 Å². The normalized spacial score (nSPS) is 27.2. The van der Waals surface area contributed by atoms with Gasteiger partial charge in [-0.05, 0) is 43.7 Å². The van der Waals surface area contributed by atoms with Crippen LogP contribution in [0.25, 0.3) is 0 Å². The largest absolute Gasteiger partial charge is 0.383 e. The average molecular weight is 396 g/mol. The van der Waals surface area contributed by atoms with Crippen molar-refractivity contribution < 1.29 is 27.8 Å². The Kier molecular flexibility index (Phi) is 6.30. The highest BCUT2D eigenvalue weighted by Crippen LogP contribution is 2.43. The summed E-state index contributed by atoms with van der Waals surface area (Å²) in [4.78, 5) is 27.4. The van der Waals surface area contributed by atoms with Crippen molar-refractivity contribution in [1.82, 2.24) is 10.2 Å². The predicted molar refractivity (Wildman–Crippen MR) is 97.5 cm³/mol. The molecule has 1 spiro atoms. The molecule has 0 radical (unpaired) electrons. The second-order valence-corrected chi connectivity index (χ2v) is 7.57. The van der Waals surface area contributed by atoms with E-state index in [-0.39, 0.29) is 18.1 Å². The Bertz CT molecular complexity index is 715. The summed E-state index contributed by atoms with van der Waals surface area (Å²) in [6, 6.07) is 1.83. The monoisotopic (exact) mass is 396 g/mol. The molecule has 28 heavy (non-hydrogen) atoms. The third-order valence-electron chi connectivity index (χ3n) is 5.55. The van der Waals surface area contributed by atoms with Crippen molar-refractivity contribution in [3.05, 3.63) is 35.4 Å². The zero-order chi connectivity index (χ0) is 20.3. The van der Waals surface area contributed by atoms with Gasteiger partial charge in [-0.1, -0.05) is 6.92 Å². The van der Waals surface area contributed by atoms with Gasteiger partial charge in [-0.15, -0.1) is 0 Å². The summed E-state index contributed by atoms with van der Waals surface area (Å²) in [5.74, 6) is -2.14. The molecule has 1 saturated heterocycles. The highest BCUT2D eigenvalue weighted by atomic mass is 19.1. The van der Waals surface area contributed by atoms with Gasteiger partial charge in [0.2, 0.25) is 5.91 Å². The van der Waals surface area contributed by atoms with Crippen LogP contribution in [0.3, 0.4) is 0 Å². The second kappa shape index (κ2) is 8.53. The summed E-state index contributed by atoms with van der Waals surface area (Å²) < 4.78 is 38.3. The van der Waals surface area contributed by atoms with Crippen LogP contribution in [-0.4, -0.2) is 55.3 Å². The summed E-state index contributed by atoms with van der Waals surface area (Å²) in [7, 11) is 1.53. The number of hydrogen-bond acceptors (Lipinski definition) is 4. The fourth-order valence-electron chi connectivity index (χ4n) is 3.99. The van der Waals surface area contributed by atoms with Crippen LogP contribution >= 0.6 is 0 Å². The van der Waals surface area contributed by atoms with Crippen LogP contribution in [0.5, 0.6) is 0 Å². The van der Waals surface area contributed by atoms with Gasteiger partial charge in [0.05, 0.1) is 13.2 Å². The van der Waals surface area contributed by atoms with Crippen LogP contribution < -0.4 is 5.32 Å².